The first kappa shape index (κ1) is 40.9. The number of nitrogens with zero attached hydrogens (tertiary/aromatic N) is 2. The maximum atomic E-state index is 11.6. The number of unbranched alkanes of at least 4 members (excludes halogenated alkanes) is 10. The smallest absolute Gasteiger partial charge is 0.246 e. The van der Waals surface area contributed by atoms with Gasteiger partial charge in [0, 0.05) is 25.0 Å². The first-order chi connectivity index (χ1) is 16.9. The van der Waals surface area contributed by atoms with Crippen LogP contribution in [0.25, 0.3) is 0 Å². The lowest BCUT2D eigenvalue weighted by molar-refractivity contribution is -0.890. The number of nitrogens with one attached hydrogen (secondary N) is 1. The maximum Gasteiger partial charge on any atom is 0.246 e. The summed E-state index contributed by atoms with van der Waals surface area (Å²) < 4.78 is 2.11. The zero-order valence-corrected chi connectivity index (χ0v) is 25.8. The van der Waals surface area contributed by atoms with Gasteiger partial charge in [-0.25, -0.2) is 0 Å². The number of Topliss-reactive ketones (excluding diaryl/α,β-unsaturated/α-hetero) is 1. The number of hydrogen-bond donors (Lipinski definition) is 1. The normalized spacial score (nSPS) is 11.3. The molecule has 226 valence electrons. The predicted molar refractivity (Wildman–Crippen MR) is 156 cm³/mol. The molecule has 38 heavy (non-hydrogen) atoms. The number of carbonyl (C=O) groups is 2. The lowest BCUT2D eigenvalue weighted by Gasteiger charge is -2.30. The molecule has 0 fully saturated rings. The molecule has 0 rings (SSSR count). The summed E-state index contributed by atoms with van der Waals surface area (Å²) in [7, 11) is 9.25. The molecule has 0 saturated carbocycles. The lowest BCUT2D eigenvalue weighted by atomic mass is 10.1. The van der Waals surface area contributed by atoms with Gasteiger partial charge in [0.1, 0.15) is 0 Å². The van der Waals surface area contributed by atoms with E-state index in [4.69, 9.17) is 0 Å². The van der Waals surface area contributed by atoms with Crippen molar-refractivity contribution in [1.29, 1.82) is 0 Å². The van der Waals surface area contributed by atoms with Crippen LogP contribution in [-0.2, 0) is 9.59 Å². The van der Waals surface area contributed by atoms with Crippen LogP contribution in [0.2, 0.25) is 0 Å². The average Bonchev–Trinajstić information content (AvgIpc) is 2.79. The van der Waals surface area contributed by atoms with E-state index in [2.05, 4.69) is 46.7 Å². The minimum atomic E-state index is -0.0277. The highest BCUT2D eigenvalue weighted by Gasteiger charge is 2.15. The molecule has 0 spiro atoms. The third kappa shape index (κ3) is 24.7. The summed E-state index contributed by atoms with van der Waals surface area (Å²) in [4.78, 5) is 23.2. The Balaban J connectivity index is -0.00000612. The van der Waals surface area contributed by atoms with Gasteiger partial charge >= 0.3 is 0 Å². The van der Waals surface area contributed by atoms with Crippen molar-refractivity contribution in [3.05, 3.63) is 24.3 Å². The monoisotopic (exact) mass is 545 g/mol. The molecule has 1 N–H and O–H groups in total. The largest absolute Gasteiger partial charge is 1.00 e. The molecule has 5 nitrogen and oxygen atoms in total. The molecule has 0 aliphatic heterocycles. The van der Waals surface area contributed by atoms with Crippen molar-refractivity contribution in [2.24, 2.45) is 0 Å². The van der Waals surface area contributed by atoms with Crippen molar-refractivity contribution in [1.82, 2.24) is 5.32 Å². The Morgan fingerprint density at radius 1 is 0.553 bits per heavy atom. The number of halogens is 2. The number of quaternary nitrogens is 2. The van der Waals surface area contributed by atoms with Crippen molar-refractivity contribution >= 4 is 11.7 Å². The molecular weight excluding hydrogens is 484 g/mol. The summed E-state index contributed by atoms with van der Waals surface area (Å²) in [6, 6.07) is 0. The Hall–Kier alpha value is -1.60. The Morgan fingerprint density at radius 3 is 1.26 bits per heavy atom. The number of amides is 1. The van der Waals surface area contributed by atoms with Gasteiger partial charge in [-0.15, -0.1) is 0 Å². The molecule has 0 radical (unpaired) electrons. The van der Waals surface area contributed by atoms with Crippen LogP contribution in [0.3, 0.4) is 0 Å². The number of carbonyl (C=O) groups excluding carboxylic acids is 2. The summed E-state index contributed by atoms with van der Waals surface area (Å²) in [6.07, 6.45) is 17.3. The minimum Gasteiger partial charge on any atom is -1.00 e. The van der Waals surface area contributed by atoms with Crippen LogP contribution >= 0.6 is 0 Å². The van der Waals surface area contributed by atoms with Gasteiger partial charge in [-0.1, -0.05) is 51.7 Å². The van der Waals surface area contributed by atoms with Crippen molar-refractivity contribution in [2.45, 2.75) is 104 Å². The highest BCUT2D eigenvalue weighted by Crippen LogP contribution is 2.14. The van der Waals surface area contributed by atoms with Gasteiger partial charge < -0.3 is 23.7 Å². The van der Waals surface area contributed by atoms with E-state index in [0.29, 0.717) is 17.6 Å². The molecule has 0 bridgehead atoms. The molecule has 1 amide bonds. The Bertz CT molecular complexity index is 608. The summed E-state index contributed by atoms with van der Waals surface area (Å²) >= 11 is 0. The molecule has 0 aliphatic carbocycles. The SMILES string of the molecule is C=C(C)C(=O)CCCC[N+](C)(C)CCCCCCCCCCCC[N+](C)(C)CCCNC(=O)C(=C)C.[F-].[F-]. The van der Waals surface area contributed by atoms with E-state index in [1.54, 1.807) is 6.92 Å². The van der Waals surface area contributed by atoms with Crippen molar-refractivity contribution in [3.8, 4) is 0 Å². The highest BCUT2D eigenvalue weighted by atomic mass is 19.0. The Kier molecular flexibility index (Phi) is 25.1. The van der Waals surface area contributed by atoms with Crippen molar-refractivity contribution in [3.63, 3.8) is 0 Å². The summed E-state index contributed by atoms with van der Waals surface area (Å²) in [5.74, 6) is 0.193. The van der Waals surface area contributed by atoms with E-state index in [1.807, 2.05) is 6.92 Å². The molecule has 0 heterocycles. The van der Waals surface area contributed by atoms with E-state index in [9.17, 15) is 9.59 Å². The second-order valence-corrected chi connectivity index (χ2v) is 12.4. The summed E-state index contributed by atoms with van der Waals surface area (Å²) in [6.45, 7) is 16.4. The van der Waals surface area contributed by atoms with Gasteiger partial charge in [0.2, 0.25) is 5.91 Å². The predicted octanol–water partition coefficient (Wildman–Crippen LogP) is 0.446. The fourth-order valence-corrected chi connectivity index (χ4v) is 4.62. The zero-order chi connectivity index (χ0) is 27.5. The second kappa shape index (κ2) is 23.3. The van der Waals surface area contributed by atoms with Gasteiger partial charge in [-0.3, -0.25) is 9.59 Å². The molecular formula is C31H61F2N3O2. The van der Waals surface area contributed by atoms with Gasteiger partial charge in [0.25, 0.3) is 0 Å². The summed E-state index contributed by atoms with van der Waals surface area (Å²) in [5, 5.41) is 2.93. The fraction of sp³-hybridized carbons (Fsp3) is 0.806. The Morgan fingerprint density at radius 2 is 0.895 bits per heavy atom. The lowest BCUT2D eigenvalue weighted by Crippen LogP contribution is -3.00. The third-order valence-corrected chi connectivity index (χ3v) is 7.28. The molecule has 0 aromatic carbocycles. The number of allylic oxidation sites excluding steroid dienone is 1. The molecule has 0 aromatic heterocycles. The van der Waals surface area contributed by atoms with Gasteiger partial charge in [0.15, 0.2) is 5.78 Å². The molecule has 0 unspecified atom stereocenters. The van der Waals surface area contributed by atoms with E-state index in [-0.39, 0.29) is 21.1 Å². The van der Waals surface area contributed by atoms with Crippen LogP contribution in [0.15, 0.2) is 24.3 Å². The first-order valence-electron chi connectivity index (χ1n) is 14.6. The van der Waals surface area contributed by atoms with E-state index < -0.39 is 0 Å². The standard InChI is InChI=1S/C31H60N3O2.2FH/c1-28(2)30(35)22-17-20-26-33(5,6)24-18-15-13-11-9-10-12-14-16-19-25-34(7,8)27-21-23-32-31(36)29(3)4;;/h1,3,9-27H2,2,4-8H3;2*1H/q+1;;/p-1. The maximum absolute atomic E-state index is 11.6. The Labute approximate surface area is 234 Å². The van der Waals surface area contributed by atoms with Crippen LogP contribution in [0.4, 0.5) is 0 Å². The highest BCUT2D eigenvalue weighted by molar-refractivity contribution is 5.94. The van der Waals surface area contributed by atoms with Crippen LogP contribution in [0.5, 0.6) is 0 Å². The molecule has 7 heteroatoms. The molecule has 0 aliphatic rings. The molecule has 0 aromatic rings. The van der Waals surface area contributed by atoms with Gasteiger partial charge in [-0.2, -0.15) is 0 Å². The topological polar surface area (TPSA) is 46.2 Å². The minimum absolute atomic E-state index is 0. The number of hydrogen-bond acceptors (Lipinski definition) is 2. The van der Waals surface area contributed by atoms with Gasteiger partial charge in [0.05, 0.1) is 54.4 Å². The van der Waals surface area contributed by atoms with Crippen LogP contribution in [-0.4, -0.2) is 81.6 Å². The average molecular weight is 546 g/mol. The number of rotatable bonds is 24. The third-order valence-electron chi connectivity index (χ3n) is 7.28. The molecule has 0 atom stereocenters. The quantitative estimate of drug-likeness (QED) is 0.109. The van der Waals surface area contributed by atoms with E-state index in [0.717, 1.165) is 47.9 Å². The second-order valence-electron chi connectivity index (χ2n) is 12.4. The summed E-state index contributed by atoms with van der Waals surface area (Å²) in [5.41, 5.74) is 1.28. The zero-order valence-electron chi connectivity index (χ0n) is 25.8. The van der Waals surface area contributed by atoms with E-state index in [1.165, 1.54) is 77.3 Å². The van der Waals surface area contributed by atoms with Crippen LogP contribution in [0, 0.1) is 0 Å². The molecule has 0 saturated heterocycles. The number of ketones is 1. The van der Waals surface area contributed by atoms with Crippen LogP contribution in [0.1, 0.15) is 104 Å². The van der Waals surface area contributed by atoms with Crippen molar-refractivity contribution in [2.75, 3.05) is 60.9 Å². The van der Waals surface area contributed by atoms with E-state index >= 15 is 0 Å². The van der Waals surface area contributed by atoms with Crippen molar-refractivity contribution < 1.29 is 28.0 Å². The fourth-order valence-electron chi connectivity index (χ4n) is 4.62. The van der Waals surface area contributed by atoms with Gasteiger partial charge in [-0.05, 0) is 57.9 Å². The van der Waals surface area contributed by atoms with Crippen LogP contribution < -0.4 is 14.7 Å². The first-order valence-corrected chi connectivity index (χ1v) is 14.6.